The number of amides is 2. The van der Waals surface area contributed by atoms with E-state index in [1.54, 1.807) is 6.08 Å². The van der Waals surface area contributed by atoms with Gasteiger partial charge in [-0.1, -0.05) is 67.1 Å². The number of nitrogens with one attached hydrogen (secondary N) is 2. The van der Waals surface area contributed by atoms with E-state index in [0.717, 1.165) is 16.7 Å². The summed E-state index contributed by atoms with van der Waals surface area (Å²) in [6.07, 6.45) is 2.31. The molecule has 2 aromatic rings. The molecule has 35 heavy (non-hydrogen) atoms. The van der Waals surface area contributed by atoms with Crippen molar-refractivity contribution in [2.75, 3.05) is 13.2 Å². The van der Waals surface area contributed by atoms with Gasteiger partial charge in [0.25, 0.3) is 0 Å². The second-order valence-electron chi connectivity index (χ2n) is 9.33. The molecule has 2 aromatic carbocycles. The van der Waals surface area contributed by atoms with E-state index in [-0.39, 0.29) is 37.2 Å². The van der Waals surface area contributed by atoms with E-state index in [0.29, 0.717) is 13.0 Å². The van der Waals surface area contributed by atoms with Crippen LogP contribution in [0.5, 0.6) is 0 Å². The van der Waals surface area contributed by atoms with Crippen LogP contribution in [0.1, 0.15) is 57.1 Å². The highest BCUT2D eigenvalue weighted by Gasteiger charge is 2.29. The van der Waals surface area contributed by atoms with Gasteiger partial charge in [0.2, 0.25) is 5.91 Å². The van der Waals surface area contributed by atoms with Gasteiger partial charge in [0, 0.05) is 18.9 Å². The fraction of sp³-hybridized carbons (Fsp3) is 0.393. The zero-order valence-corrected chi connectivity index (χ0v) is 20.5. The number of benzene rings is 2. The SMILES string of the molecule is CC(C)=CCC(NC(=O)CC(C)CCNC(=O)OCC1c2ccccc2-c2ccccc21)C(=O)O. The summed E-state index contributed by atoms with van der Waals surface area (Å²) in [6.45, 7) is 6.27. The Balaban J connectivity index is 1.41. The molecule has 0 heterocycles. The summed E-state index contributed by atoms with van der Waals surface area (Å²) in [7, 11) is 0. The molecule has 1 aliphatic rings. The Kier molecular flexibility index (Phi) is 9.06. The highest BCUT2D eigenvalue weighted by Crippen LogP contribution is 2.44. The molecule has 0 bridgehead atoms. The van der Waals surface area contributed by atoms with Gasteiger partial charge in [-0.3, -0.25) is 4.79 Å². The lowest BCUT2D eigenvalue weighted by molar-refractivity contribution is -0.141. The van der Waals surface area contributed by atoms with Crippen molar-refractivity contribution >= 4 is 18.0 Å². The maximum absolute atomic E-state index is 12.3. The first-order valence-electron chi connectivity index (χ1n) is 12.0. The summed E-state index contributed by atoms with van der Waals surface area (Å²) in [5.74, 6) is -1.39. The molecule has 0 aliphatic heterocycles. The molecule has 3 rings (SSSR count). The molecule has 186 valence electrons. The van der Waals surface area contributed by atoms with Gasteiger partial charge >= 0.3 is 12.1 Å². The van der Waals surface area contributed by atoms with E-state index >= 15 is 0 Å². The van der Waals surface area contributed by atoms with Crippen LogP contribution in [-0.4, -0.2) is 42.3 Å². The molecular weight excluding hydrogens is 444 g/mol. The number of carbonyl (C=O) groups is 3. The third-order valence-electron chi connectivity index (χ3n) is 6.18. The van der Waals surface area contributed by atoms with Crippen LogP contribution in [0.25, 0.3) is 11.1 Å². The van der Waals surface area contributed by atoms with E-state index < -0.39 is 18.1 Å². The van der Waals surface area contributed by atoms with Gasteiger partial charge in [0.05, 0.1) is 0 Å². The average molecular weight is 479 g/mol. The first kappa shape index (κ1) is 26.0. The predicted octanol–water partition coefficient (Wildman–Crippen LogP) is 4.87. The number of carbonyl (C=O) groups excluding carboxylic acids is 2. The number of ether oxygens (including phenoxy) is 1. The fourth-order valence-corrected chi connectivity index (χ4v) is 4.32. The quantitative estimate of drug-likeness (QED) is 0.400. The van der Waals surface area contributed by atoms with Gasteiger partial charge in [0.1, 0.15) is 12.6 Å². The van der Waals surface area contributed by atoms with Crippen molar-refractivity contribution in [1.82, 2.24) is 10.6 Å². The van der Waals surface area contributed by atoms with Gasteiger partial charge in [-0.25, -0.2) is 9.59 Å². The Hall–Kier alpha value is -3.61. The van der Waals surface area contributed by atoms with Crippen molar-refractivity contribution in [3.8, 4) is 11.1 Å². The van der Waals surface area contributed by atoms with Crippen LogP contribution >= 0.6 is 0 Å². The molecule has 0 saturated carbocycles. The molecule has 0 spiro atoms. The van der Waals surface area contributed by atoms with Gasteiger partial charge in [0.15, 0.2) is 0 Å². The smallest absolute Gasteiger partial charge is 0.407 e. The average Bonchev–Trinajstić information content (AvgIpc) is 3.13. The molecule has 7 heteroatoms. The van der Waals surface area contributed by atoms with Crippen LogP contribution in [0.15, 0.2) is 60.2 Å². The number of allylic oxidation sites excluding steroid dienone is 1. The molecule has 0 fully saturated rings. The van der Waals surface area contributed by atoms with E-state index in [1.165, 1.54) is 11.1 Å². The zero-order valence-electron chi connectivity index (χ0n) is 20.5. The Morgan fingerprint density at radius 2 is 1.63 bits per heavy atom. The summed E-state index contributed by atoms with van der Waals surface area (Å²) < 4.78 is 5.53. The normalized spacial score (nSPS) is 13.7. The van der Waals surface area contributed by atoms with Crippen molar-refractivity contribution in [2.45, 2.75) is 52.0 Å². The number of rotatable bonds is 11. The lowest BCUT2D eigenvalue weighted by Crippen LogP contribution is -2.41. The number of fused-ring (bicyclic) bond motifs is 3. The third kappa shape index (κ3) is 7.18. The van der Waals surface area contributed by atoms with Gasteiger partial charge < -0.3 is 20.5 Å². The maximum Gasteiger partial charge on any atom is 0.407 e. The van der Waals surface area contributed by atoms with E-state index in [2.05, 4.69) is 34.9 Å². The van der Waals surface area contributed by atoms with Crippen molar-refractivity contribution in [3.05, 3.63) is 71.3 Å². The number of hydrogen-bond acceptors (Lipinski definition) is 4. The van der Waals surface area contributed by atoms with Gasteiger partial charge in [-0.2, -0.15) is 0 Å². The lowest BCUT2D eigenvalue weighted by atomic mass is 9.98. The van der Waals surface area contributed by atoms with Gasteiger partial charge in [-0.05, 0) is 54.9 Å². The highest BCUT2D eigenvalue weighted by atomic mass is 16.5. The molecule has 2 unspecified atom stereocenters. The number of carboxylic acids is 1. The first-order valence-corrected chi connectivity index (χ1v) is 12.0. The summed E-state index contributed by atoms with van der Waals surface area (Å²) in [4.78, 5) is 35.9. The number of alkyl carbamates (subject to hydrolysis) is 1. The summed E-state index contributed by atoms with van der Waals surface area (Å²) in [5.41, 5.74) is 5.67. The van der Waals surface area contributed by atoms with Crippen molar-refractivity contribution < 1.29 is 24.2 Å². The van der Waals surface area contributed by atoms with Crippen molar-refractivity contribution in [2.24, 2.45) is 5.92 Å². The summed E-state index contributed by atoms with van der Waals surface area (Å²) >= 11 is 0. The van der Waals surface area contributed by atoms with Crippen molar-refractivity contribution in [1.29, 1.82) is 0 Å². The number of carboxylic acid groups (broad SMARTS) is 1. The number of aliphatic carboxylic acids is 1. The van der Waals surface area contributed by atoms with E-state index in [1.807, 2.05) is 45.0 Å². The minimum atomic E-state index is -1.06. The lowest BCUT2D eigenvalue weighted by Gasteiger charge is -2.17. The maximum atomic E-state index is 12.3. The van der Waals surface area contributed by atoms with E-state index in [4.69, 9.17) is 4.74 Å². The first-order chi connectivity index (χ1) is 16.8. The summed E-state index contributed by atoms with van der Waals surface area (Å²) in [6, 6.07) is 15.4. The van der Waals surface area contributed by atoms with E-state index in [9.17, 15) is 19.5 Å². The molecular formula is C28H34N2O5. The minimum Gasteiger partial charge on any atom is -0.480 e. The fourth-order valence-electron chi connectivity index (χ4n) is 4.32. The monoisotopic (exact) mass is 478 g/mol. The second kappa shape index (κ2) is 12.2. The van der Waals surface area contributed by atoms with Crippen molar-refractivity contribution in [3.63, 3.8) is 0 Å². The zero-order chi connectivity index (χ0) is 25.4. The molecule has 7 nitrogen and oxygen atoms in total. The topological polar surface area (TPSA) is 105 Å². The minimum absolute atomic E-state index is 0.00397. The van der Waals surface area contributed by atoms with Crippen LogP contribution in [-0.2, 0) is 14.3 Å². The Morgan fingerprint density at radius 1 is 1.03 bits per heavy atom. The molecule has 2 amide bonds. The van der Waals surface area contributed by atoms with Crippen LogP contribution in [0.4, 0.5) is 4.79 Å². The third-order valence-corrected chi connectivity index (χ3v) is 6.18. The number of hydrogen-bond donors (Lipinski definition) is 3. The Morgan fingerprint density at radius 3 is 2.20 bits per heavy atom. The Labute approximate surface area is 206 Å². The van der Waals surface area contributed by atoms with Crippen LogP contribution < -0.4 is 10.6 Å². The van der Waals surface area contributed by atoms with Crippen LogP contribution in [0.3, 0.4) is 0 Å². The molecule has 0 saturated heterocycles. The molecule has 0 aromatic heterocycles. The molecule has 0 radical (unpaired) electrons. The predicted molar refractivity (Wildman–Crippen MR) is 135 cm³/mol. The standard InChI is InChI=1S/C28H34N2O5/c1-18(2)12-13-25(27(32)33)30-26(31)16-19(3)14-15-29-28(34)35-17-24-22-10-6-4-8-20(22)21-9-5-7-11-23(21)24/h4-12,19,24-25H,13-17H2,1-3H3,(H,29,34)(H,30,31)(H,32,33). The molecule has 2 atom stereocenters. The second-order valence-corrected chi connectivity index (χ2v) is 9.33. The highest BCUT2D eigenvalue weighted by molar-refractivity contribution is 5.83. The largest absolute Gasteiger partial charge is 0.480 e. The van der Waals surface area contributed by atoms with Crippen LogP contribution in [0, 0.1) is 5.92 Å². The van der Waals surface area contributed by atoms with Gasteiger partial charge in [-0.15, -0.1) is 0 Å². The Bertz CT molecular complexity index is 1040. The van der Waals surface area contributed by atoms with Crippen LogP contribution in [0.2, 0.25) is 0 Å². The molecule has 1 aliphatic carbocycles. The molecule has 3 N–H and O–H groups in total. The summed E-state index contributed by atoms with van der Waals surface area (Å²) in [5, 5.41) is 14.6.